The lowest BCUT2D eigenvalue weighted by Crippen LogP contribution is -2.46. The monoisotopic (exact) mass is 587 g/mol. The fourth-order valence-electron chi connectivity index (χ4n) is 6.49. The summed E-state index contributed by atoms with van der Waals surface area (Å²) in [7, 11) is 0. The molecular formula is C34H45N5O4. The van der Waals surface area contributed by atoms with E-state index in [9.17, 15) is 9.90 Å². The Kier molecular flexibility index (Phi) is 7.87. The van der Waals surface area contributed by atoms with Crippen LogP contribution in [0.25, 0.3) is 11.1 Å². The average molecular weight is 588 g/mol. The highest BCUT2D eigenvalue weighted by atomic mass is 16.6. The Hall–Kier alpha value is -3.59. The van der Waals surface area contributed by atoms with Crippen LogP contribution in [0.1, 0.15) is 82.8 Å². The van der Waals surface area contributed by atoms with Crippen molar-refractivity contribution >= 4 is 11.8 Å². The zero-order valence-corrected chi connectivity index (χ0v) is 26.3. The van der Waals surface area contributed by atoms with Crippen molar-refractivity contribution in [2.75, 3.05) is 18.0 Å². The van der Waals surface area contributed by atoms with Gasteiger partial charge < -0.3 is 24.4 Å². The van der Waals surface area contributed by atoms with Crippen molar-refractivity contribution in [1.29, 1.82) is 0 Å². The molecule has 4 heterocycles. The van der Waals surface area contributed by atoms with E-state index < -0.39 is 11.8 Å². The number of rotatable bonds is 6. The fraction of sp³-hybridized carbons (Fsp3) is 0.559. The first-order valence-corrected chi connectivity index (χ1v) is 15.7. The van der Waals surface area contributed by atoms with E-state index in [1.165, 1.54) is 0 Å². The van der Waals surface area contributed by atoms with Crippen molar-refractivity contribution in [1.82, 2.24) is 19.7 Å². The first-order chi connectivity index (χ1) is 20.5. The Bertz CT molecular complexity index is 1460. The molecular weight excluding hydrogens is 542 g/mol. The lowest BCUT2D eigenvalue weighted by Gasteiger charge is -2.41. The van der Waals surface area contributed by atoms with Gasteiger partial charge in [0, 0.05) is 77.1 Å². The zero-order valence-electron chi connectivity index (χ0n) is 26.3. The van der Waals surface area contributed by atoms with Gasteiger partial charge in [-0.2, -0.15) is 5.10 Å². The highest BCUT2D eigenvalue weighted by Crippen LogP contribution is 2.47. The minimum absolute atomic E-state index is 0.199. The smallest absolute Gasteiger partial charge is 0.410 e. The first kappa shape index (κ1) is 29.5. The minimum atomic E-state index is -0.502. The number of aliphatic hydroxyl groups is 1. The molecule has 9 nitrogen and oxygen atoms in total. The normalized spacial score (nSPS) is 20.1. The number of hydrogen-bond acceptors (Lipinski definition) is 7. The van der Waals surface area contributed by atoms with Crippen molar-refractivity contribution in [3.63, 3.8) is 0 Å². The summed E-state index contributed by atoms with van der Waals surface area (Å²) in [5.41, 5.74) is 5.47. The predicted molar refractivity (Wildman–Crippen MR) is 167 cm³/mol. The van der Waals surface area contributed by atoms with Gasteiger partial charge in [-0.05, 0) is 92.2 Å². The maximum absolute atomic E-state index is 12.6. The number of fused-ring (bicyclic) bond motifs is 1. The van der Waals surface area contributed by atoms with E-state index in [-0.39, 0.29) is 18.2 Å². The number of nitrogens with zero attached hydrogens (tertiary/aromatic N) is 5. The summed E-state index contributed by atoms with van der Waals surface area (Å²) >= 11 is 0. The number of piperidine rings is 1. The van der Waals surface area contributed by atoms with E-state index in [4.69, 9.17) is 14.6 Å². The van der Waals surface area contributed by atoms with Gasteiger partial charge >= 0.3 is 6.09 Å². The number of ether oxygens (including phenoxy) is 2. The summed E-state index contributed by atoms with van der Waals surface area (Å²) in [5, 5.41) is 16.0. The van der Waals surface area contributed by atoms with Gasteiger partial charge in [-0.1, -0.05) is 0 Å². The number of hydrogen-bond donors (Lipinski definition) is 1. The van der Waals surface area contributed by atoms with Gasteiger partial charge in [-0.15, -0.1) is 0 Å². The molecule has 2 atom stereocenters. The Morgan fingerprint density at radius 3 is 2.40 bits per heavy atom. The molecule has 1 unspecified atom stereocenters. The molecule has 9 heteroatoms. The van der Waals surface area contributed by atoms with Crippen LogP contribution in [0.5, 0.6) is 11.5 Å². The van der Waals surface area contributed by atoms with Gasteiger partial charge in [0.25, 0.3) is 0 Å². The minimum Gasteiger partial charge on any atom is -0.456 e. The number of aromatic nitrogens is 3. The largest absolute Gasteiger partial charge is 0.456 e. The summed E-state index contributed by atoms with van der Waals surface area (Å²) < 4.78 is 14.4. The first-order valence-electron chi connectivity index (χ1n) is 15.7. The summed E-state index contributed by atoms with van der Waals surface area (Å²) in [6.07, 6.45) is 8.89. The second kappa shape index (κ2) is 11.5. The molecule has 230 valence electrons. The molecule has 2 aliphatic heterocycles. The van der Waals surface area contributed by atoms with Crippen LogP contribution in [0.2, 0.25) is 0 Å². The van der Waals surface area contributed by atoms with Crippen LogP contribution in [0.15, 0.2) is 36.7 Å². The topological polar surface area (TPSA) is 93.0 Å². The Labute approximate surface area is 254 Å². The molecule has 2 aromatic heterocycles. The summed E-state index contributed by atoms with van der Waals surface area (Å²) in [4.78, 5) is 21.1. The maximum Gasteiger partial charge on any atom is 0.410 e. The van der Waals surface area contributed by atoms with Gasteiger partial charge in [0.1, 0.15) is 23.3 Å². The quantitative estimate of drug-likeness (QED) is 0.339. The van der Waals surface area contributed by atoms with Crippen LogP contribution in [0.4, 0.5) is 10.5 Å². The zero-order chi connectivity index (χ0) is 30.5. The third-order valence-electron chi connectivity index (χ3n) is 8.81. The molecule has 0 spiro atoms. The van der Waals surface area contributed by atoms with E-state index in [1.54, 1.807) is 4.90 Å². The number of carbonyl (C=O) groups excluding carboxylic acids is 1. The van der Waals surface area contributed by atoms with Gasteiger partial charge in [0.2, 0.25) is 0 Å². The van der Waals surface area contributed by atoms with Crippen molar-refractivity contribution < 1.29 is 19.4 Å². The maximum atomic E-state index is 12.6. The lowest BCUT2D eigenvalue weighted by atomic mass is 9.91. The van der Waals surface area contributed by atoms with Crippen LogP contribution >= 0.6 is 0 Å². The van der Waals surface area contributed by atoms with Crippen molar-refractivity contribution in [3.05, 3.63) is 53.6 Å². The molecule has 0 radical (unpaired) electrons. The molecule has 1 saturated carbocycles. The van der Waals surface area contributed by atoms with Gasteiger partial charge in [0.05, 0.1) is 12.2 Å². The number of pyridine rings is 1. The van der Waals surface area contributed by atoms with Crippen molar-refractivity contribution in [3.8, 4) is 22.6 Å². The molecule has 1 aliphatic carbocycles. The van der Waals surface area contributed by atoms with Gasteiger partial charge in [0.15, 0.2) is 0 Å². The Morgan fingerprint density at radius 2 is 1.74 bits per heavy atom. The van der Waals surface area contributed by atoms with Gasteiger partial charge in [-0.3, -0.25) is 9.67 Å². The number of aryl methyl sites for hydroxylation is 2. The predicted octanol–water partition coefficient (Wildman–Crippen LogP) is 6.80. The fourth-order valence-corrected chi connectivity index (χ4v) is 6.49. The molecule has 0 bridgehead atoms. The molecule has 1 aromatic carbocycles. The van der Waals surface area contributed by atoms with Gasteiger partial charge in [-0.25, -0.2) is 4.79 Å². The summed E-state index contributed by atoms with van der Waals surface area (Å²) in [6.45, 7) is 13.1. The third kappa shape index (κ3) is 6.37. The number of likely N-dealkylation sites (tertiary alicyclic amines) is 1. The van der Waals surface area contributed by atoms with Crippen molar-refractivity contribution in [2.45, 2.75) is 104 Å². The second-order valence-corrected chi connectivity index (χ2v) is 13.6. The summed E-state index contributed by atoms with van der Waals surface area (Å²) in [6, 6.07) is 8.66. The second-order valence-electron chi connectivity index (χ2n) is 13.6. The molecule has 43 heavy (non-hydrogen) atoms. The number of benzene rings is 1. The van der Waals surface area contributed by atoms with E-state index in [1.807, 2.05) is 57.6 Å². The number of anilines is 1. The average Bonchev–Trinajstić information content (AvgIpc) is 3.68. The van der Waals surface area contributed by atoms with E-state index in [2.05, 4.69) is 35.1 Å². The molecule has 1 N–H and O–H groups in total. The number of amides is 1. The van der Waals surface area contributed by atoms with Crippen LogP contribution < -0.4 is 9.64 Å². The summed E-state index contributed by atoms with van der Waals surface area (Å²) in [5.74, 6) is 1.92. The standard InChI is InChI=1S/C34H45N5O4/c1-21-17-27(18-22(2)36-21)42-31-28(11-12-30-29(31)10-7-23(3)39(30)32(40)24-8-9-24)25-19-35-38(20-25)26-13-15-37(16-14-26)33(41)43-34(4,5)6/h11-12,17-20,23-24,26,32,40H,7-10,13-16H2,1-6H3/t23-,32?/m0/s1. The molecule has 1 saturated heterocycles. The molecule has 2 fully saturated rings. The highest BCUT2D eigenvalue weighted by molar-refractivity contribution is 5.78. The highest BCUT2D eigenvalue weighted by Gasteiger charge is 2.39. The van der Waals surface area contributed by atoms with E-state index >= 15 is 0 Å². The number of carbonyl (C=O) groups is 1. The SMILES string of the molecule is Cc1cc(Oc2c(-c3cnn(C4CCN(C(=O)OC(C)(C)C)CC4)c3)ccc3c2CC[C@H](C)N3C(O)C2CC2)cc(C)n1. The molecule has 1 amide bonds. The third-order valence-corrected chi connectivity index (χ3v) is 8.81. The molecule has 3 aromatic rings. The Morgan fingerprint density at radius 1 is 1.05 bits per heavy atom. The van der Waals surface area contributed by atoms with Crippen molar-refractivity contribution in [2.24, 2.45) is 5.92 Å². The van der Waals surface area contributed by atoms with Crippen LogP contribution in [-0.4, -0.2) is 61.8 Å². The van der Waals surface area contributed by atoms with Crippen LogP contribution in [0.3, 0.4) is 0 Å². The Balaban J connectivity index is 1.30. The van der Waals surface area contributed by atoms with E-state index in [0.717, 1.165) is 83.8 Å². The lowest BCUT2D eigenvalue weighted by molar-refractivity contribution is 0.0184. The van der Waals surface area contributed by atoms with E-state index in [0.29, 0.717) is 19.0 Å². The number of aliphatic hydroxyl groups excluding tert-OH is 1. The van der Waals surface area contributed by atoms with Crippen LogP contribution in [-0.2, 0) is 11.2 Å². The molecule has 3 aliphatic rings. The molecule has 6 rings (SSSR count). The van der Waals surface area contributed by atoms with Crippen LogP contribution in [0, 0.1) is 19.8 Å².